The van der Waals surface area contributed by atoms with Gasteiger partial charge in [-0.15, -0.1) is 0 Å². The normalized spacial score (nSPS) is 12.2. The lowest BCUT2D eigenvalue weighted by Gasteiger charge is -2.14. The second kappa shape index (κ2) is 16.2. The summed E-state index contributed by atoms with van der Waals surface area (Å²) in [6.07, 6.45) is 0.642. The van der Waals surface area contributed by atoms with Crippen LogP contribution in [0.4, 0.5) is 0 Å². The number of fused-ring (bicyclic) bond motifs is 10. The predicted octanol–water partition coefficient (Wildman–Crippen LogP) is 15.6. The lowest BCUT2D eigenvalue weighted by Crippen LogP contribution is -2.08. The number of para-hydroxylation sites is 3. The molecule has 3 heterocycles. The highest BCUT2D eigenvalue weighted by Crippen LogP contribution is 2.43. The van der Waals surface area contributed by atoms with Gasteiger partial charge >= 0.3 is 0 Å². The maximum Gasteiger partial charge on any atom is 0.160 e. The molecular formula is C61H41N5O. The topological polar surface area (TPSA) is 71.5 Å². The number of benzene rings is 9. The number of amidine groups is 1. The quantitative estimate of drug-likeness (QED) is 0.113. The first-order valence-electron chi connectivity index (χ1n) is 22.5. The highest BCUT2D eigenvalue weighted by atomic mass is 16.3. The van der Waals surface area contributed by atoms with Crippen LogP contribution >= 0.6 is 0 Å². The van der Waals surface area contributed by atoms with Gasteiger partial charge in [0.1, 0.15) is 17.2 Å². The van der Waals surface area contributed by atoms with Crippen molar-refractivity contribution >= 4 is 82.8 Å². The van der Waals surface area contributed by atoms with E-state index in [0.717, 1.165) is 99.3 Å². The molecule has 0 fully saturated rings. The van der Waals surface area contributed by atoms with Crippen LogP contribution in [0.25, 0.3) is 93.7 Å². The SMILES string of the molecule is C=C(N=C(N=C(CC)c1ccc2oc3ccccc3c2c1)c1ccc(-n2c3ccccc3c3ccc4c(c5ccccc5n4-c4cccc(-c5ccccc5)c4)c32)c(C#N)c1)c1ccccc1. The average Bonchev–Trinajstić information content (AvgIpc) is 4.05. The maximum absolute atomic E-state index is 11.2. The van der Waals surface area contributed by atoms with Crippen molar-refractivity contribution < 1.29 is 4.42 Å². The van der Waals surface area contributed by atoms with Crippen molar-refractivity contribution in [1.82, 2.24) is 9.13 Å². The van der Waals surface area contributed by atoms with Crippen molar-refractivity contribution in [1.29, 1.82) is 5.26 Å². The monoisotopic (exact) mass is 859 g/mol. The lowest BCUT2D eigenvalue weighted by molar-refractivity contribution is 0.669. The molecule has 0 atom stereocenters. The van der Waals surface area contributed by atoms with Crippen LogP contribution in [-0.4, -0.2) is 20.7 Å². The third-order valence-electron chi connectivity index (χ3n) is 12.9. The Labute approximate surface area is 386 Å². The molecule has 0 aliphatic rings. The molecule has 6 heteroatoms. The largest absolute Gasteiger partial charge is 0.456 e. The van der Waals surface area contributed by atoms with Gasteiger partial charge in [0.05, 0.1) is 39.0 Å². The first kappa shape index (κ1) is 39.5. The van der Waals surface area contributed by atoms with E-state index in [1.165, 1.54) is 5.56 Å². The average molecular weight is 860 g/mol. The molecule has 0 radical (unpaired) electrons. The van der Waals surface area contributed by atoms with Gasteiger partial charge in [-0.1, -0.05) is 147 Å². The summed E-state index contributed by atoms with van der Waals surface area (Å²) >= 11 is 0. The van der Waals surface area contributed by atoms with E-state index in [0.29, 0.717) is 29.1 Å². The summed E-state index contributed by atoms with van der Waals surface area (Å²) in [5.74, 6) is 0.469. The van der Waals surface area contributed by atoms with E-state index in [9.17, 15) is 5.26 Å². The summed E-state index contributed by atoms with van der Waals surface area (Å²) in [7, 11) is 0. The molecule has 0 N–H and O–H groups in total. The van der Waals surface area contributed by atoms with Gasteiger partial charge in [0.2, 0.25) is 0 Å². The van der Waals surface area contributed by atoms with Gasteiger partial charge in [0, 0.05) is 49.3 Å². The standard InChI is InChI=1S/C61H41N5O/c1-3-52(43-30-34-58-51(37-43)48-24-12-15-28-57(48)67-58)64-61(63-39(2)40-17-6-4-7-18-40)44-29-32-53(45(35-44)38-62)66-54-26-13-10-23-47(54)49-31-33-56-59(60(49)66)50-25-11-14-27-55(50)65(56)46-22-16-21-42(36-46)41-19-8-5-9-20-41/h4-37H,2-3H2,1H3. The Bertz CT molecular complexity index is 4050. The molecular weight excluding hydrogens is 819 g/mol. The summed E-state index contributed by atoms with van der Waals surface area (Å²) in [5, 5.41) is 17.7. The van der Waals surface area contributed by atoms with Gasteiger partial charge in [-0.2, -0.15) is 5.26 Å². The molecule has 6 nitrogen and oxygen atoms in total. The van der Waals surface area contributed by atoms with Gasteiger partial charge in [-0.25, -0.2) is 9.98 Å². The van der Waals surface area contributed by atoms with Crippen molar-refractivity contribution in [3.63, 3.8) is 0 Å². The van der Waals surface area contributed by atoms with Gasteiger partial charge in [0.15, 0.2) is 5.84 Å². The van der Waals surface area contributed by atoms with Crippen molar-refractivity contribution in [2.45, 2.75) is 13.3 Å². The van der Waals surface area contributed by atoms with E-state index in [2.05, 4.69) is 156 Å². The smallest absolute Gasteiger partial charge is 0.160 e. The van der Waals surface area contributed by atoms with Crippen LogP contribution < -0.4 is 0 Å². The Morgan fingerprint density at radius 2 is 1.19 bits per heavy atom. The minimum atomic E-state index is 0.469. The fraction of sp³-hybridized carbons (Fsp3) is 0.0328. The van der Waals surface area contributed by atoms with Crippen LogP contribution in [0.5, 0.6) is 0 Å². The van der Waals surface area contributed by atoms with Crippen molar-refractivity contribution in [3.05, 3.63) is 235 Å². The minimum absolute atomic E-state index is 0.469. The zero-order chi connectivity index (χ0) is 45.0. The highest BCUT2D eigenvalue weighted by Gasteiger charge is 2.23. The summed E-state index contributed by atoms with van der Waals surface area (Å²) < 4.78 is 10.8. The van der Waals surface area contributed by atoms with E-state index in [1.54, 1.807) is 0 Å². The van der Waals surface area contributed by atoms with Crippen LogP contribution in [0.1, 0.15) is 35.6 Å². The number of nitrogens with zero attached hydrogens (tertiary/aromatic N) is 5. The van der Waals surface area contributed by atoms with Crippen LogP contribution in [-0.2, 0) is 0 Å². The minimum Gasteiger partial charge on any atom is -0.456 e. The molecule has 0 unspecified atom stereocenters. The summed E-state index contributed by atoms with van der Waals surface area (Å²) in [5.41, 5.74) is 14.5. The van der Waals surface area contributed by atoms with Crippen LogP contribution in [0.3, 0.4) is 0 Å². The molecule has 12 aromatic rings. The van der Waals surface area contributed by atoms with Crippen LogP contribution in [0, 0.1) is 11.3 Å². The molecule has 67 heavy (non-hydrogen) atoms. The molecule has 0 bridgehead atoms. The molecule has 9 aromatic carbocycles. The number of aliphatic imine (C=N–C) groups is 2. The molecule has 0 spiro atoms. The number of hydrogen-bond acceptors (Lipinski definition) is 3. The van der Waals surface area contributed by atoms with Crippen molar-refractivity contribution in [2.24, 2.45) is 9.98 Å². The van der Waals surface area contributed by atoms with Crippen molar-refractivity contribution in [2.75, 3.05) is 0 Å². The number of furan rings is 1. The number of aromatic nitrogens is 2. The van der Waals surface area contributed by atoms with Gasteiger partial charge < -0.3 is 13.6 Å². The molecule has 0 aliphatic heterocycles. The molecule has 0 aliphatic carbocycles. The lowest BCUT2D eigenvalue weighted by atomic mass is 10.0. The Balaban J connectivity index is 1.06. The van der Waals surface area contributed by atoms with E-state index in [-0.39, 0.29) is 0 Å². The van der Waals surface area contributed by atoms with E-state index >= 15 is 0 Å². The van der Waals surface area contributed by atoms with E-state index in [1.807, 2.05) is 78.9 Å². The van der Waals surface area contributed by atoms with E-state index < -0.39 is 0 Å². The fourth-order valence-electron chi connectivity index (χ4n) is 9.81. The summed E-state index contributed by atoms with van der Waals surface area (Å²) in [4.78, 5) is 10.5. The molecule has 12 rings (SSSR count). The summed E-state index contributed by atoms with van der Waals surface area (Å²) in [6, 6.07) is 73.7. The molecule has 0 saturated heterocycles. The molecule has 316 valence electrons. The zero-order valence-electron chi connectivity index (χ0n) is 36.7. The molecule has 3 aromatic heterocycles. The first-order valence-corrected chi connectivity index (χ1v) is 22.5. The second-order valence-electron chi connectivity index (χ2n) is 16.8. The number of nitriles is 1. The van der Waals surface area contributed by atoms with Crippen LogP contribution in [0.2, 0.25) is 0 Å². The third kappa shape index (κ3) is 6.64. The number of rotatable bonds is 8. The highest BCUT2D eigenvalue weighted by molar-refractivity contribution is 6.26. The fourth-order valence-corrected chi connectivity index (χ4v) is 9.81. The van der Waals surface area contributed by atoms with Crippen LogP contribution in [0.15, 0.2) is 227 Å². The van der Waals surface area contributed by atoms with Gasteiger partial charge in [-0.05, 0) is 101 Å². The Hall–Kier alpha value is -9.05. The zero-order valence-corrected chi connectivity index (χ0v) is 36.7. The Kier molecular flexibility index (Phi) is 9.55. The molecule has 0 amide bonds. The Morgan fingerprint density at radius 1 is 0.522 bits per heavy atom. The maximum atomic E-state index is 11.2. The van der Waals surface area contributed by atoms with E-state index in [4.69, 9.17) is 14.4 Å². The predicted molar refractivity (Wildman–Crippen MR) is 278 cm³/mol. The van der Waals surface area contributed by atoms with Gasteiger partial charge in [-0.3, -0.25) is 0 Å². The van der Waals surface area contributed by atoms with Crippen molar-refractivity contribution in [3.8, 4) is 28.6 Å². The Morgan fingerprint density at radius 3 is 1.99 bits per heavy atom. The first-order chi connectivity index (χ1) is 33.1. The summed E-state index contributed by atoms with van der Waals surface area (Å²) in [6.45, 7) is 6.49. The van der Waals surface area contributed by atoms with Gasteiger partial charge in [0.25, 0.3) is 0 Å². The molecule has 0 saturated carbocycles. The number of hydrogen-bond donors (Lipinski definition) is 0. The second-order valence-corrected chi connectivity index (χ2v) is 16.8. The third-order valence-corrected chi connectivity index (χ3v) is 12.9.